The number of primary amides is 1. The minimum atomic E-state index is -0.986. The maximum absolute atomic E-state index is 12.6. The van der Waals surface area contributed by atoms with E-state index in [4.69, 9.17) is 10.5 Å². The first kappa shape index (κ1) is 37.0. The second kappa shape index (κ2) is 20.9. The summed E-state index contributed by atoms with van der Waals surface area (Å²) in [7, 11) is 1.45. The van der Waals surface area contributed by atoms with E-state index < -0.39 is 48.3 Å². The molecular weight excluding hydrogens is 550 g/mol. The second-order valence-corrected chi connectivity index (χ2v) is 8.94. The highest BCUT2D eigenvalue weighted by Crippen LogP contribution is 2.10. The number of alkyl carbamates (subject to hydrolysis) is 1. The van der Waals surface area contributed by atoms with E-state index in [1.165, 1.54) is 13.1 Å². The zero-order valence-corrected chi connectivity index (χ0v) is 24.5. The Hall–Kier alpha value is -4.95. The van der Waals surface area contributed by atoms with E-state index >= 15 is 0 Å². The number of nitrogens with zero attached hydrogens (tertiary/aromatic N) is 1. The van der Waals surface area contributed by atoms with Gasteiger partial charge in [-0.15, -0.1) is 0 Å². The van der Waals surface area contributed by atoms with Gasteiger partial charge < -0.3 is 37.1 Å². The fourth-order valence-electron chi connectivity index (χ4n) is 2.95. The zero-order valence-electron chi connectivity index (χ0n) is 24.5. The van der Waals surface area contributed by atoms with E-state index in [0.29, 0.717) is 17.1 Å². The molecule has 15 heteroatoms. The average Bonchev–Trinajstić information content (AvgIpc) is 2.95. The summed E-state index contributed by atoms with van der Waals surface area (Å²) in [6, 6.07) is 5.15. The number of ether oxygens (including phenoxy) is 1. The number of carbonyl (C=O) groups is 7. The number of hydrogen-bond donors (Lipinski definition) is 6. The van der Waals surface area contributed by atoms with E-state index in [9.17, 15) is 33.6 Å². The molecule has 0 radical (unpaired) electrons. The van der Waals surface area contributed by atoms with Gasteiger partial charge >= 0.3 is 12.1 Å². The van der Waals surface area contributed by atoms with Gasteiger partial charge in [-0.25, -0.2) is 9.59 Å². The topological polar surface area (TPSA) is 218 Å². The van der Waals surface area contributed by atoms with Crippen molar-refractivity contribution in [2.24, 2.45) is 11.7 Å². The molecule has 1 atom stereocenters. The third kappa shape index (κ3) is 16.2. The van der Waals surface area contributed by atoms with Gasteiger partial charge in [0.25, 0.3) is 5.91 Å². The number of allylic oxidation sites excluding steroid dienone is 1. The number of nitrogens with two attached hydrogens (primary N) is 1. The largest absolute Gasteiger partial charge is 0.445 e. The van der Waals surface area contributed by atoms with Crippen LogP contribution in [0.2, 0.25) is 0 Å². The number of carbonyl (C=O) groups excluding carboxylic acids is 7. The molecule has 0 bridgehead atoms. The number of nitrogens with one attached hydrogen (secondary N) is 5. The number of amides is 8. The second-order valence-electron chi connectivity index (χ2n) is 8.94. The molecule has 42 heavy (non-hydrogen) atoms. The Labute approximate surface area is 245 Å². The highest BCUT2D eigenvalue weighted by atomic mass is 16.5. The van der Waals surface area contributed by atoms with E-state index in [2.05, 4.69) is 26.6 Å². The molecule has 8 amide bonds. The first-order valence-electron chi connectivity index (χ1n) is 13.1. The Morgan fingerprint density at radius 2 is 1.67 bits per heavy atom. The summed E-state index contributed by atoms with van der Waals surface area (Å²) in [6.45, 7) is 6.81. The van der Waals surface area contributed by atoms with Gasteiger partial charge in [-0.05, 0) is 43.0 Å². The van der Waals surface area contributed by atoms with Crippen LogP contribution < -0.4 is 32.3 Å². The Morgan fingerprint density at radius 1 is 1.02 bits per heavy atom. The third-order valence-corrected chi connectivity index (χ3v) is 5.08. The predicted octanol–water partition coefficient (Wildman–Crippen LogP) is 0.364. The molecule has 0 aliphatic rings. The number of rotatable bonds is 14. The van der Waals surface area contributed by atoms with Crippen LogP contribution in [0.25, 0.3) is 0 Å². The molecule has 15 nitrogen and oxygen atoms in total. The van der Waals surface area contributed by atoms with Crippen molar-refractivity contribution >= 4 is 47.9 Å². The molecular formula is C27H41N7O8. The molecule has 1 rings (SSSR count). The average molecular weight is 592 g/mol. The van der Waals surface area contributed by atoms with Crippen LogP contribution in [0.5, 0.6) is 0 Å². The monoisotopic (exact) mass is 591 g/mol. The molecule has 0 aromatic heterocycles. The molecule has 0 heterocycles. The van der Waals surface area contributed by atoms with Crippen LogP contribution >= 0.6 is 0 Å². The van der Waals surface area contributed by atoms with E-state index in [0.717, 1.165) is 18.1 Å². The number of anilines is 1. The van der Waals surface area contributed by atoms with Gasteiger partial charge in [-0.3, -0.25) is 28.9 Å². The van der Waals surface area contributed by atoms with Gasteiger partial charge in [0.15, 0.2) is 0 Å². The Morgan fingerprint density at radius 3 is 2.14 bits per heavy atom. The minimum Gasteiger partial charge on any atom is -0.445 e. The molecule has 0 saturated carbocycles. The summed E-state index contributed by atoms with van der Waals surface area (Å²) >= 11 is 0. The van der Waals surface area contributed by atoms with Gasteiger partial charge in [-0.2, -0.15) is 0 Å². The molecule has 1 aromatic carbocycles. The van der Waals surface area contributed by atoms with E-state index in [1.54, 1.807) is 45.0 Å². The van der Waals surface area contributed by atoms with Crippen molar-refractivity contribution in [2.75, 3.05) is 32.0 Å². The van der Waals surface area contributed by atoms with Crippen LogP contribution in [0.1, 0.15) is 39.7 Å². The van der Waals surface area contributed by atoms with Gasteiger partial charge in [0, 0.05) is 19.3 Å². The van der Waals surface area contributed by atoms with Crippen molar-refractivity contribution in [1.29, 1.82) is 0 Å². The molecule has 0 spiro atoms. The van der Waals surface area contributed by atoms with Crippen LogP contribution in [-0.4, -0.2) is 79.8 Å². The summed E-state index contributed by atoms with van der Waals surface area (Å²) in [5.41, 5.74) is 5.92. The summed E-state index contributed by atoms with van der Waals surface area (Å²) in [5.74, 6) is -2.78. The third-order valence-electron chi connectivity index (χ3n) is 5.08. The minimum absolute atomic E-state index is 0.0698. The fraction of sp³-hybridized carbons (Fsp3) is 0.444. The first-order chi connectivity index (χ1) is 19.9. The maximum atomic E-state index is 12.6. The molecule has 0 fully saturated rings. The van der Waals surface area contributed by atoms with Gasteiger partial charge in [-0.1, -0.05) is 39.0 Å². The van der Waals surface area contributed by atoms with Crippen molar-refractivity contribution < 1.29 is 38.3 Å². The van der Waals surface area contributed by atoms with Crippen molar-refractivity contribution in [3.63, 3.8) is 0 Å². The summed E-state index contributed by atoms with van der Waals surface area (Å²) in [4.78, 5) is 81.5. The van der Waals surface area contributed by atoms with Crippen LogP contribution in [0.15, 0.2) is 36.4 Å². The Bertz CT molecular complexity index is 1090. The lowest BCUT2D eigenvalue weighted by molar-refractivity contribution is -0.139. The van der Waals surface area contributed by atoms with Gasteiger partial charge in [0.2, 0.25) is 24.1 Å². The number of imide groups is 1. The van der Waals surface area contributed by atoms with Gasteiger partial charge in [0.05, 0.1) is 6.54 Å². The quantitative estimate of drug-likeness (QED) is 0.131. The molecule has 1 aromatic rings. The van der Waals surface area contributed by atoms with Gasteiger partial charge in [0.1, 0.15) is 19.2 Å². The molecule has 0 aliphatic heterocycles. The van der Waals surface area contributed by atoms with Crippen LogP contribution in [-0.2, 0) is 35.3 Å². The zero-order chi connectivity index (χ0) is 32.1. The smallest absolute Gasteiger partial charge is 0.407 e. The van der Waals surface area contributed by atoms with E-state index in [1.807, 2.05) is 6.92 Å². The Kier molecular flexibility index (Phi) is 18.4. The number of urea groups is 1. The molecule has 0 saturated heterocycles. The Balaban J connectivity index is 0.00000212. The normalized spacial score (nSPS) is 10.8. The maximum Gasteiger partial charge on any atom is 0.407 e. The lowest BCUT2D eigenvalue weighted by atomic mass is 10.0. The van der Waals surface area contributed by atoms with Crippen LogP contribution in [0, 0.1) is 5.92 Å². The summed E-state index contributed by atoms with van der Waals surface area (Å²) in [6.07, 6.45) is 3.18. The van der Waals surface area contributed by atoms with Crippen molar-refractivity contribution in [1.82, 2.24) is 26.2 Å². The van der Waals surface area contributed by atoms with Crippen molar-refractivity contribution in [3.8, 4) is 0 Å². The highest BCUT2D eigenvalue weighted by molar-refractivity contribution is 5.99. The summed E-state index contributed by atoms with van der Waals surface area (Å²) in [5, 5.41) is 12.3. The standard InChI is InChI=1S/C23H31N5O7.C4H10N2O/c1-5-6-20(32)28(14-29)12-19(31)27-21(15(2)3)22(33)25-11-18(30)26-17-9-7-16(8-10-17)13-35-23(34)24-4;1-2-3-6-4(5)7/h5-10,14-15,21H,11-13H2,1-4H3,(H,24,34)(H,25,33)(H,26,30)(H,27,31);2-3H2,1H3,(H3,5,6,7)/b6-5-;. The van der Waals surface area contributed by atoms with Crippen LogP contribution in [0.3, 0.4) is 0 Å². The SMILES string of the molecule is C/C=C\C(=O)N(C=O)CC(=O)NC(C(=O)NCC(=O)Nc1ccc(COC(=O)NC)cc1)C(C)C.CCCNC(N)=O. The lowest BCUT2D eigenvalue weighted by Gasteiger charge is -2.23. The lowest BCUT2D eigenvalue weighted by Crippen LogP contribution is -2.53. The number of hydrogen-bond acceptors (Lipinski definition) is 8. The highest BCUT2D eigenvalue weighted by Gasteiger charge is 2.26. The predicted molar refractivity (Wildman–Crippen MR) is 155 cm³/mol. The van der Waals surface area contributed by atoms with Crippen molar-refractivity contribution in [3.05, 3.63) is 42.0 Å². The van der Waals surface area contributed by atoms with Crippen LogP contribution in [0.4, 0.5) is 15.3 Å². The van der Waals surface area contributed by atoms with Crippen molar-refractivity contribution in [2.45, 2.75) is 46.8 Å². The number of benzene rings is 1. The molecule has 0 aliphatic carbocycles. The first-order valence-corrected chi connectivity index (χ1v) is 13.1. The fourth-order valence-corrected chi connectivity index (χ4v) is 2.95. The van der Waals surface area contributed by atoms with E-state index in [-0.39, 0.29) is 25.5 Å². The molecule has 7 N–H and O–H groups in total. The molecule has 1 unspecified atom stereocenters. The summed E-state index contributed by atoms with van der Waals surface area (Å²) < 4.78 is 4.93. The molecule has 232 valence electrons.